The largest absolute Gasteiger partial charge is 0.357 e. The Hall–Kier alpha value is -1.17. The molecule has 2 rings (SSSR count). The molecule has 1 aromatic heterocycles. The van der Waals surface area contributed by atoms with Crippen molar-refractivity contribution in [3.63, 3.8) is 0 Å². The van der Waals surface area contributed by atoms with E-state index in [1.54, 1.807) is 26.0 Å². The van der Waals surface area contributed by atoms with E-state index in [-0.39, 0.29) is 18.8 Å². The maximum Gasteiger partial charge on any atom is 0.250 e. The monoisotopic (exact) mass is 436 g/mol. The van der Waals surface area contributed by atoms with Gasteiger partial charge in [0.15, 0.2) is 15.8 Å². The highest BCUT2D eigenvalue weighted by atomic mass is 32.2. The Morgan fingerprint density at radius 1 is 1.37 bits per heavy atom. The van der Waals surface area contributed by atoms with Crippen LogP contribution in [-0.4, -0.2) is 70.9 Å². The lowest BCUT2D eigenvalue weighted by Gasteiger charge is -2.39. The number of hydrogen-bond acceptors (Lipinski definition) is 6. The van der Waals surface area contributed by atoms with Gasteiger partial charge >= 0.3 is 0 Å². The molecule has 8 nitrogen and oxygen atoms in total. The summed E-state index contributed by atoms with van der Waals surface area (Å²) in [4.78, 5) is 7.32. The minimum absolute atomic E-state index is 0.0781. The van der Waals surface area contributed by atoms with Gasteiger partial charge in [-0.05, 0) is 39.8 Å². The number of thiophene rings is 1. The summed E-state index contributed by atoms with van der Waals surface area (Å²) < 4.78 is 50.8. The summed E-state index contributed by atoms with van der Waals surface area (Å²) in [7, 11) is -6.65. The van der Waals surface area contributed by atoms with Crippen LogP contribution in [0.15, 0.2) is 21.3 Å². The first-order valence-electron chi connectivity index (χ1n) is 8.80. The first-order valence-corrected chi connectivity index (χ1v) is 12.8. The maximum atomic E-state index is 12.2. The molecule has 0 aromatic carbocycles. The summed E-state index contributed by atoms with van der Waals surface area (Å²) in [5, 5.41) is 3.16. The zero-order valence-electron chi connectivity index (χ0n) is 16.1. The number of hydrogen-bond donors (Lipinski definition) is 2. The second-order valence-electron chi connectivity index (χ2n) is 7.00. The molecule has 1 aromatic rings. The number of sulfone groups is 1. The van der Waals surface area contributed by atoms with Gasteiger partial charge in [0.1, 0.15) is 4.21 Å². The van der Waals surface area contributed by atoms with Gasteiger partial charge in [0.2, 0.25) is 10.0 Å². The van der Waals surface area contributed by atoms with E-state index in [1.807, 2.05) is 18.7 Å². The van der Waals surface area contributed by atoms with Crippen LogP contribution >= 0.6 is 11.3 Å². The van der Waals surface area contributed by atoms with Crippen LogP contribution in [0.4, 0.5) is 0 Å². The predicted molar refractivity (Wildman–Crippen MR) is 110 cm³/mol. The molecular formula is C16H28N4O4S3. The van der Waals surface area contributed by atoms with E-state index >= 15 is 0 Å². The van der Waals surface area contributed by atoms with Crippen LogP contribution in [-0.2, 0) is 19.9 Å². The lowest BCUT2D eigenvalue weighted by molar-refractivity contribution is 0.353. The zero-order chi connectivity index (χ0) is 20.3. The highest BCUT2D eigenvalue weighted by molar-refractivity contribution is 7.92. The highest BCUT2D eigenvalue weighted by Gasteiger charge is 2.40. The van der Waals surface area contributed by atoms with Crippen LogP contribution in [0.25, 0.3) is 0 Å². The lowest BCUT2D eigenvalue weighted by atomic mass is 10.2. The Morgan fingerprint density at radius 3 is 2.63 bits per heavy atom. The minimum Gasteiger partial charge on any atom is -0.357 e. The summed E-state index contributed by atoms with van der Waals surface area (Å²) in [5.74, 6) is 0.682. The SMILES string of the molecule is CCNC(=NCCNS(=O)(=O)c1ccc(C)s1)N1CCS(=O)(=O)C(C)(C)C1. The molecular weight excluding hydrogens is 408 g/mol. The zero-order valence-corrected chi connectivity index (χ0v) is 18.6. The number of nitrogens with zero attached hydrogens (tertiary/aromatic N) is 2. The van der Waals surface area contributed by atoms with Crippen LogP contribution in [0.5, 0.6) is 0 Å². The van der Waals surface area contributed by atoms with Gasteiger partial charge in [0.05, 0.1) is 17.0 Å². The van der Waals surface area contributed by atoms with Crippen molar-refractivity contribution in [1.29, 1.82) is 0 Å². The molecule has 2 N–H and O–H groups in total. The smallest absolute Gasteiger partial charge is 0.250 e. The predicted octanol–water partition coefficient (Wildman–Crippen LogP) is 0.809. The van der Waals surface area contributed by atoms with Crippen molar-refractivity contribution in [3.05, 3.63) is 17.0 Å². The fourth-order valence-electron chi connectivity index (χ4n) is 2.72. The molecule has 0 aliphatic carbocycles. The number of guanidine groups is 1. The molecule has 1 saturated heterocycles. The number of aryl methyl sites for hydroxylation is 1. The van der Waals surface area contributed by atoms with Crippen LogP contribution in [0, 0.1) is 6.92 Å². The number of nitrogens with one attached hydrogen (secondary N) is 2. The number of aliphatic imine (C=N–C) groups is 1. The Labute approximate surface area is 166 Å². The molecule has 0 radical (unpaired) electrons. The van der Waals surface area contributed by atoms with E-state index in [2.05, 4.69) is 15.0 Å². The third-order valence-electron chi connectivity index (χ3n) is 4.32. The molecule has 1 aliphatic rings. The van der Waals surface area contributed by atoms with Crippen LogP contribution < -0.4 is 10.0 Å². The van der Waals surface area contributed by atoms with Crippen molar-refractivity contribution in [2.75, 3.05) is 38.5 Å². The first-order chi connectivity index (χ1) is 12.5. The molecule has 27 heavy (non-hydrogen) atoms. The summed E-state index contributed by atoms with van der Waals surface area (Å²) >= 11 is 1.23. The Morgan fingerprint density at radius 2 is 2.07 bits per heavy atom. The van der Waals surface area contributed by atoms with Crippen molar-refractivity contribution in [1.82, 2.24) is 14.9 Å². The Kier molecular flexibility index (Phi) is 6.93. The highest BCUT2D eigenvalue weighted by Crippen LogP contribution is 2.23. The topological polar surface area (TPSA) is 108 Å². The molecule has 0 unspecified atom stereocenters. The Bertz CT molecular complexity index is 889. The van der Waals surface area contributed by atoms with Crippen molar-refractivity contribution in [3.8, 4) is 0 Å². The molecule has 0 spiro atoms. The summed E-state index contributed by atoms with van der Waals surface area (Å²) in [6, 6.07) is 3.36. The molecule has 1 fully saturated rings. The fourth-order valence-corrected chi connectivity index (χ4v) is 6.43. The number of rotatable bonds is 6. The van der Waals surface area contributed by atoms with Crippen molar-refractivity contribution in [2.24, 2.45) is 4.99 Å². The third-order valence-corrected chi connectivity index (χ3v) is 9.81. The van der Waals surface area contributed by atoms with Gasteiger partial charge in [-0.3, -0.25) is 4.99 Å². The second-order valence-corrected chi connectivity index (χ2v) is 13.0. The standard InChI is InChI=1S/C16H28N4O4S3/c1-5-17-15(20-10-11-26(21,22)16(3,4)12-20)18-8-9-19-27(23,24)14-7-6-13(2)25-14/h6-7,19H,5,8-12H2,1-4H3,(H,17,18). The van der Waals surface area contributed by atoms with Crippen LogP contribution in [0.3, 0.4) is 0 Å². The second kappa shape index (κ2) is 8.46. The summed E-state index contributed by atoms with van der Waals surface area (Å²) in [6.45, 7) is 9.02. The number of sulfonamides is 1. The molecule has 2 heterocycles. The van der Waals surface area contributed by atoms with E-state index in [0.29, 0.717) is 29.8 Å². The Balaban J connectivity index is 2.00. The van der Waals surface area contributed by atoms with Crippen molar-refractivity contribution < 1.29 is 16.8 Å². The van der Waals surface area contributed by atoms with Gasteiger partial charge < -0.3 is 10.2 Å². The van der Waals surface area contributed by atoms with Crippen molar-refractivity contribution in [2.45, 2.75) is 36.7 Å². The normalized spacial score (nSPS) is 19.9. The fraction of sp³-hybridized carbons (Fsp3) is 0.688. The minimum atomic E-state index is -3.52. The van der Waals surface area contributed by atoms with Crippen molar-refractivity contribution >= 4 is 37.2 Å². The van der Waals surface area contributed by atoms with E-state index < -0.39 is 24.6 Å². The lowest BCUT2D eigenvalue weighted by Crippen LogP contribution is -2.57. The van der Waals surface area contributed by atoms with E-state index in [0.717, 1.165) is 4.88 Å². The van der Waals surface area contributed by atoms with E-state index in [1.165, 1.54) is 11.3 Å². The molecule has 154 valence electrons. The van der Waals surface area contributed by atoms with Gasteiger partial charge in [-0.2, -0.15) is 0 Å². The van der Waals surface area contributed by atoms with Gasteiger partial charge in [0.25, 0.3) is 0 Å². The molecule has 0 atom stereocenters. The molecule has 0 amide bonds. The molecule has 0 bridgehead atoms. The first kappa shape index (κ1) is 22.1. The quantitative estimate of drug-likeness (QED) is 0.388. The van der Waals surface area contributed by atoms with Gasteiger partial charge in [-0.15, -0.1) is 11.3 Å². The van der Waals surface area contributed by atoms with Gasteiger partial charge in [0, 0.05) is 31.1 Å². The average Bonchev–Trinajstić information content (AvgIpc) is 3.00. The molecule has 11 heteroatoms. The molecule has 0 saturated carbocycles. The van der Waals surface area contributed by atoms with Crippen LogP contribution in [0.1, 0.15) is 25.6 Å². The molecule has 1 aliphatic heterocycles. The van der Waals surface area contributed by atoms with Gasteiger partial charge in [-0.25, -0.2) is 21.6 Å². The summed E-state index contributed by atoms with van der Waals surface area (Å²) in [6.07, 6.45) is 0. The van der Waals surface area contributed by atoms with Gasteiger partial charge in [-0.1, -0.05) is 0 Å². The maximum absolute atomic E-state index is 12.2. The average molecular weight is 437 g/mol. The summed E-state index contributed by atoms with van der Waals surface area (Å²) in [5.41, 5.74) is 0. The third kappa shape index (κ3) is 5.43. The van der Waals surface area contributed by atoms with E-state index in [9.17, 15) is 16.8 Å². The van der Waals surface area contributed by atoms with E-state index in [4.69, 9.17) is 0 Å². The van der Waals surface area contributed by atoms with Crippen LogP contribution in [0.2, 0.25) is 0 Å².